The number of nitrogens with zero attached hydrogens (tertiary/aromatic N) is 3. The van der Waals surface area contributed by atoms with E-state index in [0.29, 0.717) is 5.95 Å². The minimum atomic E-state index is 0.700. The Kier molecular flexibility index (Phi) is 7.17. The molecule has 1 aromatic rings. The van der Waals surface area contributed by atoms with Crippen molar-refractivity contribution in [2.24, 2.45) is 0 Å². The van der Waals surface area contributed by atoms with Crippen molar-refractivity contribution in [3.8, 4) is 0 Å². The van der Waals surface area contributed by atoms with E-state index in [2.05, 4.69) is 21.8 Å². The van der Waals surface area contributed by atoms with Gasteiger partial charge in [-0.3, -0.25) is 0 Å². The van der Waals surface area contributed by atoms with E-state index in [1.807, 2.05) is 77.4 Å². The molecule has 1 aromatic heterocycles. The molecule has 0 amide bonds. The van der Waals surface area contributed by atoms with Crippen molar-refractivity contribution in [3.63, 3.8) is 0 Å². The first-order valence-electron chi connectivity index (χ1n) is 7.31. The van der Waals surface area contributed by atoms with Crippen LogP contribution in [0.4, 0.5) is 5.95 Å². The molecule has 0 fully saturated rings. The quantitative estimate of drug-likeness (QED) is 0.417. The molecule has 3 radical (unpaired) electrons. The van der Waals surface area contributed by atoms with Crippen molar-refractivity contribution >= 4 is 41.4 Å². The molecule has 2 heterocycles. The molecule has 9 heteroatoms. The fourth-order valence-corrected chi connectivity index (χ4v) is 1.89. The molecule has 0 saturated heterocycles. The van der Waals surface area contributed by atoms with Crippen LogP contribution in [0.25, 0.3) is 0 Å². The van der Waals surface area contributed by atoms with Crippen LogP contribution in [0.1, 0.15) is 12.6 Å². The first-order chi connectivity index (χ1) is 10.8. The molecule has 0 spiro atoms. The molecular weight excluding hydrogens is 266 g/mol. The summed E-state index contributed by atoms with van der Waals surface area (Å²) in [5.74, 6) is 0.700. The molecule has 0 atom stereocenters. The van der Waals surface area contributed by atoms with Gasteiger partial charge in [-0.15, -0.1) is 0 Å². The van der Waals surface area contributed by atoms with Gasteiger partial charge in [0.1, 0.15) is 0 Å². The fourth-order valence-electron chi connectivity index (χ4n) is 1.89. The van der Waals surface area contributed by atoms with Crippen molar-refractivity contribution in [3.05, 3.63) is 54.3 Å². The van der Waals surface area contributed by atoms with Crippen LogP contribution in [0.2, 0.25) is 0 Å². The summed E-state index contributed by atoms with van der Waals surface area (Å²) >= 11 is 0. The summed E-state index contributed by atoms with van der Waals surface area (Å²) in [5, 5.41) is 3.28. The van der Waals surface area contributed by atoms with Crippen LogP contribution < -0.4 is 9.95 Å². The van der Waals surface area contributed by atoms with Crippen LogP contribution >= 0.6 is 0 Å². The van der Waals surface area contributed by atoms with Gasteiger partial charge in [0.25, 0.3) is 0 Å². The van der Waals surface area contributed by atoms with Crippen LogP contribution in [0.5, 0.6) is 0 Å². The average Bonchev–Trinajstić information content (AvgIpc) is 3.09. The molecule has 1 aliphatic rings. The Hall–Kier alpha value is -1.62. The summed E-state index contributed by atoms with van der Waals surface area (Å²) in [6.07, 6.45) is 10.4. The maximum atomic E-state index is 4.55. The molecule has 0 aromatic carbocycles. The van der Waals surface area contributed by atoms with Gasteiger partial charge >= 0.3 is 122 Å². The summed E-state index contributed by atoms with van der Waals surface area (Å²) in [7, 11) is 5.84. The smallest absolute Gasteiger partial charge is 0.0877 e. The number of anilines is 1. The standard InChI is InChI=1S/C13H16B5N4/c1-3-5-6-11(4-2)14-20-10-8-12-7-9-19-13(21-12)22-17-15-16-18-22/h3-7,9,20H,2,8,10H2,1H3/b5-3-,11-6+. The van der Waals surface area contributed by atoms with Gasteiger partial charge in [0.15, 0.2) is 0 Å². The van der Waals surface area contributed by atoms with E-state index in [1.165, 1.54) is 0 Å². The maximum absolute atomic E-state index is 4.55. The second-order valence-electron chi connectivity index (χ2n) is 4.68. The predicted octanol–water partition coefficient (Wildman–Crippen LogP) is 0.0857. The first kappa shape index (κ1) is 16.8. The van der Waals surface area contributed by atoms with Crippen LogP contribution in [-0.2, 0) is 6.42 Å². The van der Waals surface area contributed by atoms with Crippen LogP contribution in [0.3, 0.4) is 0 Å². The first-order valence-corrected chi connectivity index (χ1v) is 7.31. The zero-order chi connectivity index (χ0) is 15.6. The number of hydrogen-bond acceptors (Lipinski definition) is 4. The molecule has 0 unspecified atom stereocenters. The number of allylic oxidation sites excluding steroid dienone is 5. The number of aromatic nitrogens is 2. The number of hydrogen-bond donors (Lipinski definition) is 1. The van der Waals surface area contributed by atoms with E-state index in [0.717, 1.165) is 24.1 Å². The topological polar surface area (TPSA) is 41.1 Å². The van der Waals surface area contributed by atoms with Gasteiger partial charge < -0.3 is 0 Å². The minimum absolute atomic E-state index is 0.700. The molecule has 0 aliphatic carbocycles. The van der Waals surface area contributed by atoms with E-state index in [-0.39, 0.29) is 0 Å². The second-order valence-corrected chi connectivity index (χ2v) is 4.68. The van der Waals surface area contributed by atoms with Gasteiger partial charge in [-0.1, -0.05) is 6.08 Å². The normalized spacial score (nSPS) is 13.3. The molecule has 1 aliphatic heterocycles. The Bertz CT molecular complexity index is 580. The molecule has 22 heavy (non-hydrogen) atoms. The van der Waals surface area contributed by atoms with Crippen molar-refractivity contribution in [2.45, 2.75) is 13.3 Å². The SMILES string of the molecule is C=C/C([B]NCCc1ccnc(N2[B]B=B[B]2)n1)=C\C=C/C. The van der Waals surface area contributed by atoms with Gasteiger partial charge in [-0.05, 0) is 6.92 Å². The van der Waals surface area contributed by atoms with Gasteiger partial charge in [0.05, 0.1) is 0 Å². The van der Waals surface area contributed by atoms with E-state index in [4.69, 9.17) is 0 Å². The average molecular weight is 282 g/mol. The third kappa shape index (κ3) is 5.30. The zero-order valence-electron chi connectivity index (χ0n) is 12.8. The van der Waals surface area contributed by atoms with Gasteiger partial charge in [0, 0.05) is 0 Å². The fraction of sp³-hybridized carbons (Fsp3) is 0.231. The van der Waals surface area contributed by atoms with E-state index in [1.54, 1.807) is 6.20 Å². The molecule has 0 saturated carbocycles. The van der Waals surface area contributed by atoms with E-state index < -0.39 is 0 Å². The van der Waals surface area contributed by atoms with Crippen LogP contribution in [-0.4, -0.2) is 51.9 Å². The third-order valence-corrected chi connectivity index (χ3v) is 3.05. The van der Waals surface area contributed by atoms with E-state index in [9.17, 15) is 0 Å². The predicted molar refractivity (Wildman–Crippen MR) is 98.1 cm³/mol. The van der Waals surface area contributed by atoms with E-state index >= 15 is 0 Å². The van der Waals surface area contributed by atoms with Gasteiger partial charge in [0.2, 0.25) is 0 Å². The van der Waals surface area contributed by atoms with Crippen molar-refractivity contribution in [2.75, 3.05) is 11.3 Å². The van der Waals surface area contributed by atoms with Crippen LogP contribution in [0.15, 0.2) is 48.6 Å². The van der Waals surface area contributed by atoms with Crippen LogP contribution in [0, 0.1) is 0 Å². The van der Waals surface area contributed by atoms with Gasteiger partial charge in [-0.25, -0.2) is 0 Å². The monoisotopic (exact) mass is 283 g/mol. The molecule has 103 valence electrons. The summed E-state index contributed by atoms with van der Waals surface area (Å²) in [6.45, 7) is 10.5. The molecular formula is C13H16B5N4. The summed E-state index contributed by atoms with van der Waals surface area (Å²) in [5.41, 5.74) is 2.06. The summed E-state index contributed by atoms with van der Waals surface area (Å²) in [4.78, 5) is 8.83. The Morgan fingerprint density at radius 3 is 3.00 bits per heavy atom. The summed E-state index contributed by atoms with van der Waals surface area (Å²) < 4.78 is 1.90. The Balaban J connectivity index is 1.79. The molecule has 0 bridgehead atoms. The summed E-state index contributed by atoms with van der Waals surface area (Å²) in [6, 6.07) is 1.94. The number of rotatable bonds is 8. The van der Waals surface area contributed by atoms with Gasteiger partial charge in [-0.2, -0.15) is 0 Å². The molecule has 2 rings (SSSR count). The second kappa shape index (κ2) is 9.41. The molecule has 1 N–H and O–H groups in total. The Labute approximate surface area is 136 Å². The van der Waals surface area contributed by atoms with Crippen molar-refractivity contribution in [1.29, 1.82) is 0 Å². The third-order valence-electron chi connectivity index (χ3n) is 3.05. The van der Waals surface area contributed by atoms with Crippen molar-refractivity contribution in [1.82, 2.24) is 15.2 Å². The zero-order valence-corrected chi connectivity index (χ0v) is 12.8. The Morgan fingerprint density at radius 2 is 2.27 bits per heavy atom. The minimum Gasteiger partial charge on any atom is -0.0877 e. The number of nitrogens with one attached hydrogen (secondary N) is 1. The Morgan fingerprint density at radius 1 is 1.45 bits per heavy atom. The van der Waals surface area contributed by atoms with Crippen molar-refractivity contribution < 1.29 is 0 Å². The molecule has 4 nitrogen and oxygen atoms in total.